The third-order valence-electron chi connectivity index (χ3n) is 2.72. The number of nitrogens with zero attached hydrogens (tertiary/aromatic N) is 1. The van der Waals surface area contributed by atoms with Gasteiger partial charge in [0.1, 0.15) is 17.2 Å². The number of nitrogens with one attached hydrogen (secondary N) is 1. The van der Waals surface area contributed by atoms with Crippen molar-refractivity contribution >= 4 is 23.2 Å². The molecule has 110 valence electrons. The largest absolute Gasteiger partial charge is 0.483 e. The number of carbonyl (C=O) groups is 1. The molecule has 0 unspecified atom stereocenters. The van der Waals surface area contributed by atoms with Gasteiger partial charge in [-0.1, -0.05) is 11.6 Å². The van der Waals surface area contributed by atoms with Crippen molar-refractivity contribution in [2.24, 2.45) is 5.10 Å². The summed E-state index contributed by atoms with van der Waals surface area (Å²) in [4.78, 5) is 11.7. The van der Waals surface area contributed by atoms with Gasteiger partial charge in [0.25, 0.3) is 5.91 Å². The van der Waals surface area contributed by atoms with Crippen LogP contribution in [0.3, 0.4) is 0 Å². The number of hydrogen-bond donors (Lipinski definition) is 1. The minimum Gasteiger partial charge on any atom is -0.483 e. The number of ether oxygens (including phenoxy) is 1. The molecule has 0 bridgehead atoms. The summed E-state index contributed by atoms with van der Waals surface area (Å²) in [7, 11) is 0. The van der Waals surface area contributed by atoms with Crippen molar-refractivity contribution in [1.29, 1.82) is 0 Å². The van der Waals surface area contributed by atoms with Crippen LogP contribution in [0.5, 0.6) is 5.75 Å². The number of hydrogen-bond acceptors (Lipinski definition) is 4. The van der Waals surface area contributed by atoms with E-state index in [1.165, 1.54) is 0 Å². The topological polar surface area (TPSA) is 63.8 Å². The molecule has 0 atom stereocenters. The molecule has 2 rings (SSSR count). The van der Waals surface area contributed by atoms with E-state index in [1.807, 2.05) is 6.92 Å². The fourth-order valence-electron chi connectivity index (χ4n) is 1.64. The summed E-state index contributed by atoms with van der Waals surface area (Å²) in [6.45, 7) is 3.47. The number of amides is 1. The summed E-state index contributed by atoms with van der Waals surface area (Å²) < 4.78 is 10.6. The molecular weight excluding hydrogens is 292 g/mol. The van der Waals surface area contributed by atoms with Crippen molar-refractivity contribution < 1.29 is 13.9 Å². The van der Waals surface area contributed by atoms with Gasteiger partial charge in [-0.3, -0.25) is 4.79 Å². The van der Waals surface area contributed by atoms with E-state index < -0.39 is 0 Å². The lowest BCUT2D eigenvalue weighted by atomic mass is 10.2. The van der Waals surface area contributed by atoms with Crippen molar-refractivity contribution in [1.82, 2.24) is 5.43 Å². The van der Waals surface area contributed by atoms with Gasteiger partial charge in [0.15, 0.2) is 6.61 Å². The van der Waals surface area contributed by atoms with Crippen LogP contribution in [0.2, 0.25) is 5.02 Å². The van der Waals surface area contributed by atoms with Crippen LogP contribution in [0.25, 0.3) is 0 Å². The van der Waals surface area contributed by atoms with Crippen molar-refractivity contribution in [3.05, 3.63) is 52.9 Å². The first-order valence-corrected chi connectivity index (χ1v) is 6.70. The van der Waals surface area contributed by atoms with E-state index in [9.17, 15) is 4.79 Å². The van der Waals surface area contributed by atoms with Crippen molar-refractivity contribution in [2.75, 3.05) is 6.61 Å². The van der Waals surface area contributed by atoms with Gasteiger partial charge in [0, 0.05) is 5.02 Å². The second-order valence-electron chi connectivity index (χ2n) is 4.41. The van der Waals surface area contributed by atoms with E-state index in [-0.39, 0.29) is 12.5 Å². The molecule has 1 N–H and O–H groups in total. The molecule has 0 aliphatic heterocycles. The lowest BCUT2D eigenvalue weighted by molar-refractivity contribution is -0.123. The van der Waals surface area contributed by atoms with Gasteiger partial charge >= 0.3 is 0 Å². The second-order valence-corrected chi connectivity index (χ2v) is 4.84. The van der Waals surface area contributed by atoms with Crippen LogP contribution in [0.15, 0.2) is 46.1 Å². The number of aryl methyl sites for hydroxylation is 1. The molecule has 0 saturated heterocycles. The number of hydrazone groups is 1. The number of halogens is 1. The second kappa shape index (κ2) is 6.95. The highest BCUT2D eigenvalue weighted by atomic mass is 35.5. The molecule has 0 fully saturated rings. The molecule has 0 radical (unpaired) electrons. The van der Waals surface area contributed by atoms with Crippen LogP contribution >= 0.6 is 11.6 Å². The first kappa shape index (κ1) is 15.1. The van der Waals surface area contributed by atoms with Gasteiger partial charge in [-0.05, 0) is 49.7 Å². The number of benzene rings is 1. The zero-order valence-corrected chi connectivity index (χ0v) is 12.5. The van der Waals surface area contributed by atoms with Crippen LogP contribution < -0.4 is 10.2 Å². The van der Waals surface area contributed by atoms with Crippen molar-refractivity contribution in [3.8, 4) is 5.75 Å². The Morgan fingerprint density at radius 3 is 2.90 bits per heavy atom. The highest BCUT2D eigenvalue weighted by Gasteiger charge is 2.06. The number of carbonyl (C=O) groups excluding carboxylic acids is 1. The predicted molar refractivity (Wildman–Crippen MR) is 80.7 cm³/mol. The van der Waals surface area contributed by atoms with E-state index in [4.69, 9.17) is 20.8 Å². The van der Waals surface area contributed by atoms with Crippen LogP contribution in [0.4, 0.5) is 0 Å². The van der Waals surface area contributed by atoms with Crippen LogP contribution in [-0.4, -0.2) is 18.2 Å². The van der Waals surface area contributed by atoms with E-state index >= 15 is 0 Å². The minimum atomic E-state index is -0.352. The zero-order valence-electron chi connectivity index (χ0n) is 11.7. The highest BCUT2D eigenvalue weighted by molar-refractivity contribution is 6.30. The molecule has 1 aromatic heterocycles. The van der Waals surface area contributed by atoms with Gasteiger partial charge in [0.2, 0.25) is 0 Å². The van der Waals surface area contributed by atoms with E-state index in [1.54, 1.807) is 43.5 Å². The first-order valence-electron chi connectivity index (χ1n) is 6.32. The Hall–Kier alpha value is -2.27. The minimum absolute atomic E-state index is 0.128. The van der Waals surface area contributed by atoms with Crippen LogP contribution in [-0.2, 0) is 4.79 Å². The van der Waals surface area contributed by atoms with Gasteiger partial charge in [0.05, 0.1) is 6.26 Å². The molecular formula is C15H15ClN2O3. The quantitative estimate of drug-likeness (QED) is 0.681. The molecule has 1 aromatic carbocycles. The molecule has 1 heterocycles. The first-order chi connectivity index (χ1) is 10.1. The van der Waals surface area contributed by atoms with Gasteiger partial charge in [-0.25, -0.2) is 5.43 Å². The fraction of sp³-hybridized carbons (Fsp3) is 0.200. The Kier molecular flexibility index (Phi) is 5.00. The molecule has 5 nitrogen and oxygen atoms in total. The van der Waals surface area contributed by atoms with Gasteiger partial charge in [-0.2, -0.15) is 5.10 Å². The lowest BCUT2D eigenvalue weighted by Gasteiger charge is -2.08. The Labute approximate surface area is 127 Å². The SMILES string of the molecule is CC(=NNC(=O)COc1ccc(Cl)cc1C)c1ccco1. The molecule has 0 spiro atoms. The number of rotatable bonds is 5. The van der Waals surface area contributed by atoms with Crippen molar-refractivity contribution in [2.45, 2.75) is 13.8 Å². The lowest BCUT2D eigenvalue weighted by Crippen LogP contribution is -2.25. The maximum Gasteiger partial charge on any atom is 0.277 e. The Morgan fingerprint density at radius 1 is 1.43 bits per heavy atom. The molecule has 0 saturated carbocycles. The van der Waals surface area contributed by atoms with Crippen LogP contribution in [0, 0.1) is 6.92 Å². The normalized spacial score (nSPS) is 11.3. The maximum absolute atomic E-state index is 11.7. The standard InChI is InChI=1S/C15H15ClN2O3/c1-10-8-12(16)5-6-13(10)21-9-15(19)18-17-11(2)14-4-3-7-20-14/h3-8H,9H2,1-2H3,(H,18,19). The van der Waals surface area contributed by atoms with E-state index in [2.05, 4.69) is 10.5 Å². The Morgan fingerprint density at radius 2 is 2.24 bits per heavy atom. The predicted octanol–water partition coefficient (Wildman–Crippen LogP) is 3.16. The van der Waals surface area contributed by atoms with Crippen molar-refractivity contribution in [3.63, 3.8) is 0 Å². The summed E-state index contributed by atoms with van der Waals surface area (Å²) in [5.74, 6) is 0.862. The molecule has 0 aliphatic carbocycles. The molecule has 0 aliphatic rings. The Balaban J connectivity index is 1.86. The summed E-state index contributed by atoms with van der Waals surface area (Å²) in [5, 5.41) is 4.57. The Bertz CT molecular complexity index is 651. The summed E-state index contributed by atoms with van der Waals surface area (Å²) in [5.41, 5.74) is 3.86. The van der Waals surface area contributed by atoms with E-state index in [0.29, 0.717) is 22.2 Å². The van der Waals surface area contributed by atoms with Gasteiger partial charge in [-0.15, -0.1) is 0 Å². The third-order valence-corrected chi connectivity index (χ3v) is 2.96. The fourth-order valence-corrected chi connectivity index (χ4v) is 1.86. The third kappa shape index (κ3) is 4.36. The number of furan rings is 1. The summed E-state index contributed by atoms with van der Waals surface area (Å²) in [6.07, 6.45) is 1.54. The summed E-state index contributed by atoms with van der Waals surface area (Å²) >= 11 is 5.85. The van der Waals surface area contributed by atoms with E-state index in [0.717, 1.165) is 5.56 Å². The maximum atomic E-state index is 11.7. The zero-order chi connectivity index (χ0) is 15.2. The highest BCUT2D eigenvalue weighted by Crippen LogP contribution is 2.21. The van der Waals surface area contributed by atoms with Crippen LogP contribution in [0.1, 0.15) is 18.2 Å². The molecule has 6 heteroatoms. The monoisotopic (exact) mass is 306 g/mol. The molecule has 21 heavy (non-hydrogen) atoms. The average Bonchev–Trinajstić information content (AvgIpc) is 2.98. The average molecular weight is 307 g/mol. The van der Waals surface area contributed by atoms with Gasteiger partial charge < -0.3 is 9.15 Å². The molecule has 2 aromatic rings. The smallest absolute Gasteiger partial charge is 0.277 e. The molecule has 1 amide bonds. The summed E-state index contributed by atoms with van der Waals surface area (Å²) in [6, 6.07) is 8.72.